The number of carbonyl (C=O) groups excluding carboxylic acids is 1. The summed E-state index contributed by atoms with van der Waals surface area (Å²) in [6.45, 7) is 3.37. The Labute approximate surface area is 179 Å². The fourth-order valence-electron chi connectivity index (χ4n) is 4.40. The fourth-order valence-corrected chi connectivity index (χ4v) is 4.40. The standard InChI is InChI=1S/C24H23N5O2/c1-15(30)23-3-2-10-29(23)14-16-4-5-18-12-22(26-20(18)11-16)19-13-21(27-28-24(19)31)17-6-8-25-9-7-17/h4-9,11-13,23,26H,2-3,10,14H2,1H3,(H,28,31)/t23-/m0/s1. The molecule has 156 valence electrons. The van der Waals surface area contributed by atoms with Gasteiger partial charge in [-0.2, -0.15) is 5.10 Å². The van der Waals surface area contributed by atoms with Crippen LogP contribution in [0.3, 0.4) is 0 Å². The first-order valence-electron chi connectivity index (χ1n) is 10.4. The van der Waals surface area contributed by atoms with Crippen LogP contribution in [0.2, 0.25) is 0 Å². The average molecular weight is 413 g/mol. The lowest BCUT2D eigenvalue weighted by Crippen LogP contribution is -2.34. The van der Waals surface area contributed by atoms with Crippen molar-refractivity contribution in [2.75, 3.05) is 6.54 Å². The molecule has 0 bridgehead atoms. The van der Waals surface area contributed by atoms with Crippen molar-refractivity contribution in [2.24, 2.45) is 0 Å². The summed E-state index contributed by atoms with van der Waals surface area (Å²) >= 11 is 0. The quantitative estimate of drug-likeness (QED) is 0.522. The zero-order valence-corrected chi connectivity index (χ0v) is 17.3. The largest absolute Gasteiger partial charge is 0.354 e. The number of nitrogens with zero attached hydrogens (tertiary/aromatic N) is 3. The lowest BCUT2D eigenvalue weighted by molar-refractivity contribution is -0.121. The van der Waals surface area contributed by atoms with Gasteiger partial charge >= 0.3 is 0 Å². The van der Waals surface area contributed by atoms with E-state index in [1.807, 2.05) is 18.2 Å². The van der Waals surface area contributed by atoms with Crippen LogP contribution in [0, 0.1) is 0 Å². The number of likely N-dealkylation sites (tertiary alicyclic amines) is 1. The van der Waals surface area contributed by atoms with Crippen LogP contribution in [-0.2, 0) is 11.3 Å². The molecule has 1 aromatic carbocycles. The van der Waals surface area contributed by atoms with Gasteiger partial charge in [0.15, 0.2) is 0 Å². The van der Waals surface area contributed by atoms with Gasteiger partial charge in [0.1, 0.15) is 5.78 Å². The van der Waals surface area contributed by atoms with Crippen LogP contribution in [0.15, 0.2) is 59.7 Å². The van der Waals surface area contributed by atoms with Crippen molar-refractivity contribution in [1.29, 1.82) is 0 Å². The van der Waals surface area contributed by atoms with Gasteiger partial charge in [-0.3, -0.25) is 19.5 Å². The van der Waals surface area contributed by atoms with Gasteiger partial charge in [0, 0.05) is 35.4 Å². The maximum Gasteiger partial charge on any atom is 0.273 e. The number of fused-ring (bicyclic) bond motifs is 1. The summed E-state index contributed by atoms with van der Waals surface area (Å²) in [5, 5.41) is 7.80. The van der Waals surface area contributed by atoms with Crippen LogP contribution in [0.25, 0.3) is 33.4 Å². The predicted molar refractivity (Wildman–Crippen MR) is 119 cm³/mol. The molecule has 0 unspecified atom stereocenters. The van der Waals surface area contributed by atoms with Crippen molar-refractivity contribution < 1.29 is 4.79 Å². The van der Waals surface area contributed by atoms with Crippen LogP contribution in [0.4, 0.5) is 0 Å². The Balaban J connectivity index is 1.47. The summed E-state index contributed by atoms with van der Waals surface area (Å²) in [6, 6.07) is 13.8. The van der Waals surface area contributed by atoms with E-state index in [4.69, 9.17) is 0 Å². The molecule has 1 atom stereocenters. The maximum atomic E-state index is 12.5. The molecule has 1 saturated heterocycles. The normalized spacial score (nSPS) is 16.7. The summed E-state index contributed by atoms with van der Waals surface area (Å²) in [5.74, 6) is 0.239. The van der Waals surface area contributed by atoms with Gasteiger partial charge < -0.3 is 4.98 Å². The minimum Gasteiger partial charge on any atom is -0.354 e. The first kappa shape index (κ1) is 19.4. The van der Waals surface area contributed by atoms with E-state index < -0.39 is 0 Å². The number of H-pyrrole nitrogens is 2. The highest BCUT2D eigenvalue weighted by atomic mass is 16.1. The highest BCUT2D eigenvalue weighted by molar-refractivity contribution is 5.86. The number of aromatic amines is 2. The number of rotatable bonds is 5. The Bertz CT molecular complexity index is 1310. The van der Waals surface area contributed by atoms with E-state index in [2.05, 4.69) is 43.3 Å². The van der Waals surface area contributed by atoms with Crippen molar-refractivity contribution in [1.82, 2.24) is 25.1 Å². The van der Waals surface area contributed by atoms with Gasteiger partial charge in [0.05, 0.1) is 23.0 Å². The molecule has 3 aromatic heterocycles. The molecule has 4 aromatic rings. The van der Waals surface area contributed by atoms with Gasteiger partial charge in [-0.05, 0) is 62.2 Å². The first-order valence-corrected chi connectivity index (χ1v) is 10.4. The SMILES string of the molecule is CC(=O)[C@@H]1CCCN1Cc1ccc2cc(-c3cc(-c4ccncc4)n[nH]c3=O)[nH]c2c1. The Kier molecular flexibility index (Phi) is 4.95. The summed E-state index contributed by atoms with van der Waals surface area (Å²) in [5.41, 5.74) is 4.72. The third-order valence-corrected chi connectivity index (χ3v) is 5.98. The average Bonchev–Trinajstić information content (AvgIpc) is 3.41. The fraction of sp³-hybridized carbons (Fsp3) is 0.250. The maximum absolute atomic E-state index is 12.5. The molecule has 1 aliphatic heterocycles. The van der Waals surface area contributed by atoms with Gasteiger partial charge in [-0.15, -0.1) is 0 Å². The smallest absolute Gasteiger partial charge is 0.273 e. The zero-order chi connectivity index (χ0) is 21.4. The number of Topliss-reactive ketones (excluding diaryl/α,β-unsaturated/α-hetero) is 1. The number of benzene rings is 1. The molecule has 7 nitrogen and oxygen atoms in total. The van der Waals surface area contributed by atoms with Crippen molar-refractivity contribution in [2.45, 2.75) is 32.4 Å². The minimum absolute atomic E-state index is 0.0249. The van der Waals surface area contributed by atoms with Gasteiger partial charge in [-0.25, -0.2) is 5.10 Å². The molecule has 0 spiro atoms. The van der Waals surface area contributed by atoms with Crippen LogP contribution in [-0.4, -0.2) is 43.4 Å². The van der Waals surface area contributed by atoms with E-state index in [0.717, 1.165) is 53.7 Å². The van der Waals surface area contributed by atoms with Crippen LogP contribution >= 0.6 is 0 Å². The Hall–Kier alpha value is -3.58. The van der Waals surface area contributed by atoms with E-state index in [1.54, 1.807) is 25.4 Å². The Morgan fingerprint density at radius 2 is 2.00 bits per heavy atom. The molecule has 4 heterocycles. The van der Waals surface area contributed by atoms with Crippen molar-refractivity contribution in [3.63, 3.8) is 0 Å². The molecule has 0 aliphatic carbocycles. The molecular weight excluding hydrogens is 390 g/mol. The number of carbonyl (C=O) groups is 1. The van der Waals surface area contributed by atoms with Crippen LogP contribution in [0.5, 0.6) is 0 Å². The molecule has 0 amide bonds. The highest BCUT2D eigenvalue weighted by Crippen LogP contribution is 2.27. The highest BCUT2D eigenvalue weighted by Gasteiger charge is 2.27. The summed E-state index contributed by atoms with van der Waals surface area (Å²) in [6.07, 6.45) is 5.39. The molecule has 1 fully saturated rings. The monoisotopic (exact) mass is 413 g/mol. The number of ketones is 1. The molecule has 2 N–H and O–H groups in total. The number of pyridine rings is 1. The number of hydrogen-bond donors (Lipinski definition) is 2. The van der Waals surface area contributed by atoms with Crippen LogP contribution < -0.4 is 5.56 Å². The first-order chi connectivity index (χ1) is 15.1. The zero-order valence-electron chi connectivity index (χ0n) is 17.3. The Morgan fingerprint density at radius 3 is 2.81 bits per heavy atom. The lowest BCUT2D eigenvalue weighted by atomic mass is 10.1. The third-order valence-electron chi connectivity index (χ3n) is 5.98. The number of aromatic nitrogens is 4. The third kappa shape index (κ3) is 3.80. The molecule has 5 rings (SSSR count). The summed E-state index contributed by atoms with van der Waals surface area (Å²) in [7, 11) is 0. The lowest BCUT2D eigenvalue weighted by Gasteiger charge is -2.22. The Morgan fingerprint density at radius 1 is 1.16 bits per heavy atom. The summed E-state index contributed by atoms with van der Waals surface area (Å²) in [4.78, 5) is 34.0. The molecule has 0 radical (unpaired) electrons. The number of nitrogens with one attached hydrogen (secondary N) is 2. The molecule has 31 heavy (non-hydrogen) atoms. The second kappa shape index (κ2) is 7.92. The summed E-state index contributed by atoms with van der Waals surface area (Å²) < 4.78 is 0. The van der Waals surface area contributed by atoms with Gasteiger partial charge in [0.25, 0.3) is 5.56 Å². The second-order valence-electron chi connectivity index (χ2n) is 8.08. The van der Waals surface area contributed by atoms with E-state index in [0.29, 0.717) is 11.3 Å². The van der Waals surface area contributed by atoms with Gasteiger partial charge in [0.2, 0.25) is 0 Å². The topological polar surface area (TPSA) is 94.7 Å². The van der Waals surface area contributed by atoms with Crippen LogP contribution in [0.1, 0.15) is 25.3 Å². The van der Waals surface area contributed by atoms with Crippen molar-refractivity contribution in [3.8, 4) is 22.5 Å². The van der Waals surface area contributed by atoms with E-state index >= 15 is 0 Å². The second-order valence-corrected chi connectivity index (χ2v) is 8.08. The van der Waals surface area contributed by atoms with E-state index in [9.17, 15) is 9.59 Å². The number of hydrogen-bond acceptors (Lipinski definition) is 5. The van der Waals surface area contributed by atoms with Crippen molar-refractivity contribution >= 4 is 16.7 Å². The molecule has 0 saturated carbocycles. The van der Waals surface area contributed by atoms with E-state index in [1.165, 1.54) is 0 Å². The van der Waals surface area contributed by atoms with Gasteiger partial charge in [-0.1, -0.05) is 12.1 Å². The van der Waals surface area contributed by atoms with E-state index in [-0.39, 0.29) is 17.4 Å². The molecule has 7 heteroatoms. The predicted octanol–water partition coefficient (Wildman–Crippen LogP) is 3.53. The minimum atomic E-state index is -0.244. The van der Waals surface area contributed by atoms with Crippen molar-refractivity contribution in [3.05, 3.63) is 70.8 Å². The molecular formula is C24H23N5O2. The molecule has 1 aliphatic rings.